The predicted octanol–water partition coefficient (Wildman–Crippen LogP) is 1.21. The fraction of sp³-hybridized carbons (Fsp3) is 0.750. The van der Waals surface area contributed by atoms with Gasteiger partial charge in [0, 0.05) is 0 Å². The molecule has 1 aliphatic heterocycles. The summed E-state index contributed by atoms with van der Waals surface area (Å²) in [5, 5.41) is 9.61. The van der Waals surface area contributed by atoms with Crippen LogP contribution in [0.15, 0.2) is 11.8 Å². The Labute approximate surface area is 60.5 Å². The molecule has 1 fully saturated rings. The van der Waals surface area contributed by atoms with Crippen LogP contribution in [0.2, 0.25) is 0 Å². The molecule has 0 saturated heterocycles. The molecule has 10 heavy (non-hydrogen) atoms. The average molecular weight is 140 g/mol. The number of ether oxygens (including phenoxy) is 1. The third-order valence-corrected chi connectivity index (χ3v) is 2.26. The fourth-order valence-electron chi connectivity index (χ4n) is 1.35. The van der Waals surface area contributed by atoms with Crippen LogP contribution in [0.25, 0.3) is 0 Å². The molecule has 0 aromatic heterocycles. The summed E-state index contributed by atoms with van der Waals surface area (Å²) in [7, 11) is 0. The summed E-state index contributed by atoms with van der Waals surface area (Å²) < 4.78 is 5.13. The summed E-state index contributed by atoms with van der Waals surface area (Å²) in [6, 6.07) is 0. The van der Waals surface area contributed by atoms with Crippen molar-refractivity contribution >= 4 is 0 Å². The van der Waals surface area contributed by atoms with Crippen LogP contribution < -0.4 is 0 Å². The lowest BCUT2D eigenvalue weighted by molar-refractivity contribution is 0.153. The number of hydrogen-bond acceptors (Lipinski definition) is 2. The van der Waals surface area contributed by atoms with E-state index in [0.717, 1.165) is 37.9 Å². The van der Waals surface area contributed by atoms with E-state index in [1.165, 1.54) is 0 Å². The molecule has 1 heterocycles. The van der Waals surface area contributed by atoms with Crippen LogP contribution in [-0.2, 0) is 4.74 Å². The van der Waals surface area contributed by atoms with E-state index in [-0.39, 0.29) is 0 Å². The second-order valence-electron chi connectivity index (χ2n) is 3.15. The van der Waals surface area contributed by atoms with Crippen molar-refractivity contribution in [2.24, 2.45) is 0 Å². The minimum Gasteiger partial charge on any atom is -0.501 e. The first-order valence-corrected chi connectivity index (χ1v) is 3.85. The Morgan fingerprint density at radius 3 is 2.80 bits per heavy atom. The highest BCUT2D eigenvalue weighted by atomic mass is 16.5. The van der Waals surface area contributed by atoms with Crippen LogP contribution in [0.1, 0.15) is 25.7 Å². The minimum absolute atomic E-state index is 0.444. The molecule has 2 nitrogen and oxygen atoms in total. The van der Waals surface area contributed by atoms with Gasteiger partial charge in [-0.1, -0.05) is 0 Å². The van der Waals surface area contributed by atoms with Gasteiger partial charge in [0.25, 0.3) is 0 Å². The Morgan fingerprint density at radius 2 is 2.30 bits per heavy atom. The first-order chi connectivity index (χ1) is 4.81. The molecule has 0 atom stereocenters. The monoisotopic (exact) mass is 140 g/mol. The lowest BCUT2D eigenvalue weighted by atomic mass is 10.0. The summed E-state index contributed by atoms with van der Waals surface area (Å²) in [5.41, 5.74) is 0.666. The highest BCUT2D eigenvalue weighted by Crippen LogP contribution is 2.44. The lowest BCUT2D eigenvalue weighted by Crippen LogP contribution is -2.14. The minimum atomic E-state index is -0.444. The second kappa shape index (κ2) is 1.99. The smallest absolute Gasteiger partial charge is 0.0891 e. The first kappa shape index (κ1) is 6.23. The van der Waals surface area contributed by atoms with E-state index in [4.69, 9.17) is 4.74 Å². The molecule has 0 unspecified atom stereocenters. The quantitative estimate of drug-likeness (QED) is 0.593. The van der Waals surface area contributed by atoms with Gasteiger partial charge in [-0.05, 0) is 31.3 Å². The topological polar surface area (TPSA) is 29.5 Å². The molecule has 1 N–H and O–H groups in total. The van der Waals surface area contributed by atoms with Gasteiger partial charge in [0.15, 0.2) is 0 Å². The molecule has 2 aliphatic rings. The van der Waals surface area contributed by atoms with Crippen molar-refractivity contribution in [3.8, 4) is 0 Å². The number of aliphatic hydroxyl groups is 1. The van der Waals surface area contributed by atoms with Crippen molar-refractivity contribution in [3.05, 3.63) is 11.8 Å². The van der Waals surface area contributed by atoms with Gasteiger partial charge < -0.3 is 9.84 Å². The van der Waals surface area contributed by atoms with Crippen molar-refractivity contribution in [2.45, 2.75) is 31.3 Å². The maximum absolute atomic E-state index is 9.61. The van der Waals surface area contributed by atoms with E-state index >= 15 is 0 Å². The average Bonchev–Trinajstić information content (AvgIpc) is 2.72. The highest BCUT2D eigenvalue weighted by Gasteiger charge is 2.44. The summed E-state index contributed by atoms with van der Waals surface area (Å²) in [6.45, 7) is 0.819. The van der Waals surface area contributed by atoms with Crippen LogP contribution in [0.3, 0.4) is 0 Å². The molecule has 1 aliphatic carbocycles. The van der Waals surface area contributed by atoms with Crippen molar-refractivity contribution in [1.29, 1.82) is 0 Å². The van der Waals surface area contributed by atoms with Crippen LogP contribution >= 0.6 is 0 Å². The Morgan fingerprint density at radius 1 is 1.50 bits per heavy atom. The van der Waals surface area contributed by atoms with E-state index in [2.05, 4.69) is 0 Å². The summed E-state index contributed by atoms with van der Waals surface area (Å²) in [4.78, 5) is 0. The van der Waals surface area contributed by atoms with Crippen LogP contribution in [0.4, 0.5) is 0 Å². The molecule has 0 radical (unpaired) electrons. The molecule has 0 bridgehead atoms. The van der Waals surface area contributed by atoms with Crippen molar-refractivity contribution in [2.75, 3.05) is 6.61 Å². The van der Waals surface area contributed by atoms with Crippen LogP contribution in [0.5, 0.6) is 0 Å². The standard InChI is InChI=1S/C8H12O2/c9-8(3-4-8)7-2-1-5-10-6-7/h6,9H,1-5H2. The number of rotatable bonds is 1. The van der Waals surface area contributed by atoms with E-state index in [1.54, 1.807) is 6.26 Å². The van der Waals surface area contributed by atoms with Crippen molar-refractivity contribution in [1.82, 2.24) is 0 Å². The fourth-order valence-corrected chi connectivity index (χ4v) is 1.35. The third kappa shape index (κ3) is 0.926. The largest absolute Gasteiger partial charge is 0.501 e. The van der Waals surface area contributed by atoms with E-state index in [9.17, 15) is 5.11 Å². The van der Waals surface area contributed by atoms with Crippen molar-refractivity contribution < 1.29 is 9.84 Å². The molecule has 0 amide bonds. The zero-order valence-electron chi connectivity index (χ0n) is 5.97. The zero-order valence-corrected chi connectivity index (χ0v) is 5.97. The van der Waals surface area contributed by atoms with Gasteiger partial charge in [-0.2, -0.15) is 0 Å². The van der Waals surface area contributed by atoms with Crippen LogP contribution in [0, 0.1) is 0 Å². The predicted molar refractivity (Wildman–Crippen MR) is 37.5 cm³/mol. The maximum atomic E-state index is 9.61. The van der Waals surface area contributed by atoms with E-state index in [0.29, 0.717) is 0 Å². The first-order valence-electron chi connectivity index (χ1n) is 3.85. The third-order valence-electron chi connectivity index (χ3n) is 2.26. The van der Waals surface area contributed by atoms with Gasteiger partial charge in [-0.3, -0.25) is 0 Å². The molecular weight excluding hydrogens is 128 g/mol. The SMILES string of the molecule is OC1(C2=COCCC2)CC1. The van der Waals surface area contributed by atoms with Gasteiger partial charge >= 0.3 is 0 Å². The summed E-state index contributed by atoms with van der Waals surface area (Å²) in [6.07, 6.45) is 5.70. The molecule has 0 spiro atoms. The Kier molecular flexibility index (Phi) is 1.24. The molecular formula is C8H12O2. The van der Waals surface area contributed by atoms with E-state index < -0.39 is 5.60 Å². The van der Waals surface area contributed by atoms with Gasteiger partial charge in [-0.15, -0.1) is 0 Å². The van der Waals surface area contributed by atoms with Gasteiger partial charge in [0.1, 0.15) is 0 Å². The lowest BCUT2D eigenvalue weighted by Gasteiger charge is -2.17. The molecule has 0 aromatic rings. The van der Waals surface area contributed by atoms with Crippen molar-refractivity contribution in [3.63, 3.8) is 0 Å². The van der Waals surface area contributed by atoms with Gasteiger partial charge in [0.2, 0.25) is 0 Å². The molecule has 56 valence electrons. The van der Waals surface area contributed by atoms with Gasteiger partial charge in [-0.25, -0.2) is 0 Å². The van der Waals surface area contributed by atoms with E-state index in [1.807, 2.05) is 0 Å². The normalized spacial score (nSPS) is 28.7. The van der Waals surface area contributed by atoms with Gasteiger partial charge in [0.05, 0.1) is 18.5 Å². The summed E-state index contributed by atoms with van der Waals surface area (Å²) in [5.74, 6) is 0. The second-order valence-corrected chi connectivity index (χ2v) is 3.15. The Balaban J connectivity index is 2.08. The molecule has 1 saturated carbocycles. The Hall–Kier alpha value is -0.500. The Bertz CT molecular complexity index is 168. The maximum Gasteiger partial charge on any atom is 0.0891 e. The van der Waals surface area contributed by atoms with Crippen LogP contribution in [-0.4, -0.2) is 17.3 Å². The number of hydrogen-bond donors (Lipinski definition) is 1. The molecule has 2 rings (SSSR count). The molecule has 2 heteroatoms. The highest BCUT2D eigenvalue weighted by molar-refractivity contribution is 5.23. The zero-order chi connectivity index (χ0) is 7.03. The molecule has 0 aromatic carbocycles. The summed E-state index contributed by atoms with van der Waals surface area (Å²) >= 11 is 0.